The van der Waals surface area contributed by atoms with Gasteiger partial charge in [0.2, 0.25) is 5.91 Å². The lowest BCUT2D eigenvalue weighted by molar-refractivity contribution is -0.119. The van der Waals surface area contributed by atoms with Crippen LogP contribution in [0.1, 0.15) is 48.0 Å². The monoisotopic (exact) mass is 187 g/mol. The fraction of sp³-hybridized carbons (Fsp3) is 0.909. The third-order valence-electron chi connectivity index (χ3n) is 1.58. The highest BCUT2D eigenvalue weighted by atomic mass is 16.1. The Labute approximate surface area is 83.1 Å². The van der Waals surface area contributed by atoms with Crippen molar-refractivity contribution < 1.29 is 4.79 Å². The molecule has 0 atom stereocenters. The highest BCUT2D eigenvalue weighted by molar-refractivity contribution is 5.72. The SMILES string of the molecule is CC(=O)NCC(C)C.CCC(C)C. The zero-order valence-corrected chi connectivity index (χ0v) is 9.98. The molecule has 0 saturated heterocycles. The third-order valence-corrected chi connectivity index (χ3v) is 1.58. The molecule has 0 aliphatic heterocycles. The number of amides is 1. The Morgan fingerprint density at radius 3 is 1.62 bits per heavy atom. The van der Waals surface area contributed by atoms with Gasteiger partial charge in [0.1, 0.15) is 0 Å². The first-order valence-electron chi connectivity index (χ1n) is 5.14. The summed E-state index contributed by atoms with van der Waals surface area (Å²) in [5, 5.41) is 2.71. The van der Waals surface area contributed by atoms with E-state index in [9.17, 15) is 4.79 Å². The van der Waals surface area contributed by atoms with E-state index in [1.807, 2.05) is 0 Å². The second kappa shape index (κ2) is 9.56. The largest absolute Gasteiger partial charge is 0.356 e. The molecule has 2 heteroatoms. The van der Waals surface area contributed by atoms with E-state index in [0.29, 0.717) is 5.92 Å². The minimum atomic E-state index is 0.0544. The van der Waals surface area contributed by atoms with E-state index in [1.165, 1.54) is 13.3 Å². The summed E-state index contributed by atoms with van der Waals surface area (Å²) in [4.78, 5) is 10.2. The summed E-state index contributed by atoms with van der Waals surface area (Å²) in [5.74, 6) is 1.49. The summed E-state index contributed by atoms with van der Waals surface area (Å²) in [6.45, 7) is 13.1. The molecule has 0 aromatic carbocycles. The van der Waals surface area contributed by atoms with Gasteiger partial charge in [-0.15, -0.1) is 0 Å². The molecule has 0 radical (unpaired) electrons. The second-order valence-electron chi connectivity index (χ2n) is 4.13. The van der Waals surface area contributed by atoms with Gasteiger partial charge in [-0.2, -0.15) is 0 Å². The van der Waals surface area contributed by atoms with E-state index >= 15 is 0 Å². The summed E-state index contributed by atoms with van der Waals surface area (Å²) in [6, 6.07) is 0. The van der Waals surface area contributed by atoms with E-state index in [4.69, 9.17) is 0 Å². The molecule has 0 unspecified atom stereocenters. The first kappa shape index (κ1) is 15.0. The van der Waals surface area contributed by atoms with Crippen LogP contribution >= 0.6 is 0 Å². The van der Waals surface area contributed by atoms with Crippen molar-refractivity contribution in [1.29, 1.82) is 0 Å². The molecule has 1 amide bonds. The van der Waals surface area contributed by atoms with Crippen molar-refractivity contribution in [3.05, 3.63) is 0 Å². The van der Waals surface area contributed by atoms with Crippen molar-refractivity contribution in [3.63, 3.8) is 0 Å². The molecule has 0 bridgehead atoms. The molecular formula is C11H25NO. The van der Waals surface area contributed by atoms with Crippen molar-refractivity contribution in [3.8, 4) is 0 Å². The fourth-order valence-corrected chi connectivity index (χ4v) is 0.348. The average Bonchev–Trinajstić information content (AvgIpc) is 2.02. The summed E-state index contributed by atoms with van der Waals surface area (Å²) in [5.41, 5.74) is 0. The normalized spacial score (nSPS) is 9.54. The maximum absolute atomic E-state index is 10.2. The predicted molar refractivity (Wildman–Crippen MR) is 58.7 cm³/mol. The minimum absolute atomic E-state index is 0.0544. The number of nitrogens with one attached hydrogen (secondary N) is 1. The fourth-order valence-electron chi connectivity index (χ4n) is 0.348. The molecule has 0 aliphatic carbocycles. The highest BCUT2D eigenvalue weighted by Gasteiger charge is 1.92. The van der Waals surface area contributed by atoms with Gasteiger partial charge in [0.05, 0.1) is 0 Å². The van der Waals surface area contributed by atoms with Crippen LogP contribution in [0.5, 0.6) is 0 Å². The van der Waals surface area contributed by atoms with E-state index in [2.05, 4.69) is 39.9 Å². The van der Waals surface area contributed by atoms with Crippen molar-refractivity contribution in [2.75, 3.05) is 6.54 Å². The quantitative estimate of drug-likeness (QED) is 0.723. The van der Waals surface area contributed by atoms with Gasteiger partial charge in [0, 0.05) is 13.5 Å². The van der Waals surface area contributed by atoms with Crippen LogP contribution in [0, 0.1) is 11.8 Å². The molecule has 2 nitrogen and oxygen atoms in total. The number of rotatable bonds is 3. The lowest BCUT2D eigenvalue weighted by Gasteiger charge is -2.02. The molecule has 1 N–H and O–H groups in total. The summed E-state index contributed by atoms with van der Waals surface area (Å²) < 4.78 is 0. The van der Waals surface area contributed by atoms with E-state index in [-0.39, 0.29) is 5.91 Å². The minimum Gasteiger partial charge on any atom is -0.356 e. The Bertz CT molecular complexity index is 119. The summed E-state index contributed by atoms with van der Waals surface area (Å²) in [6.07, 6.45) is 1.31. The standard InChI is InChI=1S/C6H13NO.C5H12/c1-5(2)4-7-6(3)8;1-4-5(2)3/h5H,4H2,1-3H3,(H,7,8);5H,4H2,1-3H3. The molecule has 13 heavy (non-hydrogen) atoms. The number of hydrogen-bond acceptors (Lipinski definition) is 1. The Morgan fingerprint density at radius 2 is 1.54 bits per heavy atom. The van der Waals surface area contributed by atoms with Gasteiger partial charge in [-0.3, -0.25) is 4.79 Å². The van der Waals surface area contributed by atoms with Crippen LogP contribution in [0.4, 0.5) is 0 Å². The van der Waals surface area contributed by atoms with Gasteiger partial charge in [-0.1, -0.05) is 41.0 Å². The van der Waals surface area contributed by atoms with Crippen LogP contribution in [-0.2, 0) is 4.79 Å². The molecule has 0 aromatic heterocycles. The molecule has 80 valence electrons. The number of carbonyl (C=O) groups excluding carboxylic acids is 1. The van der Waals surface area contributed by atoms with Crippen molar-refractivity contribution in [2.24, 2.45) is 11.8 Å². The Kier molecular flexibility index (Phi) is 11.0. The first-order valence-corrected chi connectivity index (χ1v) is 5.14. The van der Waals surface area contributed by atoms with E-state index < -0.39 is 0 Å². The Balaban J connectivity index is 0. The summed E-state index contributed by atoms with van der Waals surface area (Å²) >= 11 is 0. The average molecular weight is 187 g/mol. The van der Waals surface area contributed by atoms with Gasteiger partial charge >= 0.3 is 0 Å². The molecule has 0 fully saturated rings. The lowest BCUT2D eigenvalue weighted by atomic mass is 10.2. The van der Waals surface area contributed by atoms with Crippen LogP contribution < -0.4 is 5.32 Å². The second-order valence-corrected chi connectivity index (χ2v) is 4.13. The predicted octanol–water partition coefficient (Wildman–Crippen LogP) is 2.83. The van der Waals surface area contributed by atoms with Gasteiger partial charge < -0.3 is 5.32 Å². The van der Waals surface area contributed by atoms with E-state index in [0.717, 1.165) is 12.5 Å². The highest BCUT2D eigenvalue weighted by Crippen LogP contribution is 1.93. The van der Waals surface area contributed by atoms with Crippen LogP contribution in [0.2, 0.25) is 0 Å². The van der Waals surface area contributed by atoms with Crippen LogP contribution in [0.3, 0.4) is 0 Å². The summed E-state index contributed by atoms with van der Waals surface area (Å²) in [7, 11) is 0. The maximum Gasteiger partial charge on any atom is 0.216 e. The van der Waals surface area contributed by atoms with Gasteiger partial charge in [0.15, 0.2) is 0 Å². The van der Waals surface area contributed by atoms with E-state index in [1.54, 1.807) is 0 Å². The molecule has 0 rings (SSSR count). The first-order chi connectivity index (χ1) is 5.90. The van der Waals surface area contributed by atoms with Crippen LogP contribution in [-0.4, -0.2) is 12.5 Å². The molecule has 0 aliphatic rings. The lowest BCUT2D eigenvalue weighted by Crippen LogP contribution is -2.24. The van der Waals surface area contributed by atoms with Crippen molar-refractivity contribution in [1.82, 2.24) is 5.32 Å². The zero-order chi connectivity index (χ0) is 10.9. The van der Waals surface area contributed by atoms with Crippen LogP contribution in [0.25, 0.3) is 0 Å². The van der Waals surface area contributed by atoms with Gasteiger partial charge in [-0.25, -0.2) is 0 Å². The Morgan fingerprint density at radius 1 is 1.15 bits per heavy atom. The Hall–Kier alpha value is -0.530. The van der Waals surface area contributed by atoms with Crippen LogP contribution in [0.15, 0.2) is 0 Å². The molecule has 0 aromatic rings. The molecule has 0 saturated carbocycles. The third kappa shape index (κ3) is 24.6. The molecule has 0 spiro atoms. The van der Waals surface area contributed by atoms with Gasteiger partial charge in [0.25, 0.3) is 0 Å². The van der Waals surface area contributed by atoms with Crippen molar-refractivity contribution >= 4 is 5.91 Å². The zero-order valence-electron chi connectivity index (χ0n) is 9.98. The van der Waals surface area contributed by atoms with Gasteiger partial charge in [-0.05, 0) is 11.8 Å². The number of hydrogen-bond donors (Lipinski definition) is 1. The number of carbonyl (C=O) groups is 1. The topological polar surface area (TPSA) is 29.1 Å². The maximum atomic E-state index is 10.2. The molecule has 0 heterocycles. The van der Waals surface area contributed by atoms with Crippen molar-refractivity contribution in [2.45, 2.75) is 48.0 Å². The molecular weight excluding hydrogens is 162 g/mol. The smallest absolute Gasteiger partial charge is 0.216 e.